The Hall–Kier alpha value is -2.89. The Labute approximate surface area is 127 Å². The number of methoxy groups -OCH3 is 1. The number of hydrogen-bond acceptors (Lipinski definition) is 5. The first-order valence-corrected chi connectivity index (χ1v) is 6.82. The minimum atomic E-state index is -0.299. The molecule has 0 bridgehead atoms. The predicted octanol–water partition coefficient (Wildman–Crippen LogP) is 2.72. The second-order valence-corrected chi connectivity index (χ2v) is 4.81. The summed E-state index contributed by atoms with van der Waals surface area (Å²) in [6, 6.07) is 7.25. The van der Waals surface area contributed by atoms with E-state index in [0.717, 1.165) is 5.39 Å². The van der Waals surface area contributed by atoms with Crippen LogP contribution in [0.5, 0.6) is 5.75 Å². The van der Waals surface area contributed by atoms with Crippen LogP contribution in [-0.2, 0) is 0 Å². The van der Waals surface area contributed by atoms with Crippen molar-refractivity contribution >= 4 is 16.9 Å². The first-order valence-electron chi connectivity index (χ1n) is 6.82. The summed E-state index contributed by atoms with van der Waals surface area (Å²) in [4.78, 5) is 19.9. The second kappa shape index (κ2) is 5.85. The highest BCUT2D eigenvalue weighted by molar-refractivity contribution is 5.92. The Morgan fingerprint density at radius 3 is 2.95 bits per heavy atom. The van der Waals surface area contributed by atoms with Gasteiger partial charge in [-0.15, -0.1) is 0 Å². The summed E-state index contributed by atoms with van der Waals surface area (Å²) in [5, 5.41) is 3.76. The summed E-state index contributed by atoms with van der Waals surface area (Å²) in [6.45, 7) is 1.85. The molecule has 22 heavy (non-hydrogen) atoms. The van der Waals surface area contributed by atoms with Gasteiger partial charge in [0.25, 0.3) is 5.91 Å². The van der Waals surface area contributed by atoms with Crippen LogP contribution in [0.15, 0.2) is 47.3 Å². The highest BCUT2D eigenvalue weighted by Gasteiger charge is 2.17. The number of para-hydroxylation sites is 1. The van der Waals surface area contributed by atoms with Gasteiger partial charge in [-0.25, -0.2) is 4.98 Å². The first-order chi connectivity index (χ1) is 10.7. The topological polar surface area (TPSA) is 77.2 Å². The van der Waals surface area contributed by atoms with Gasteiger partial charge < -0.3 is 14.5 Å². The normalized spacial score (nSPS) is 12.1. The van der Waals surface area contributed by atoms with Crippen LogP contribution in [0, 0.1) is 0 Å². The fourth-order valence-electron chi connectivity index (χ4n) is 2.19. The van der Waals surface area contributed by atoms with Crippen molar-refractivity contribution in [3.8, 4) is 5.75 Å². The van der Waals surface area contributed by atoms with Crippen molar-refractivity contribution in [1.82, 2.24) is 15.3 Å². The number of carbonyl (C=O) groups excluding carboxylic acids is 1. The smallest absolute Gasteiger partial charge is 0.272 e. The van der Waals surface area contributed by atoms with Gasteiger partial charge in [0, 0.05) is 17.8 Å². The van der Waals surface area contributed by atoms with Gasteiger partial charge in [0.05, 0.1) is 19.3 Å². The molecule has 1 N–H and O–H groups in total. The van der Waals surface area contributed by atoms with E-state index in [0.29, 0.717) is 17.1 Å². The zero-order valence-corrected chi connectivity index (χ0v) is 12.2. The van der Waals surface area contributed by atoms with Gasteiger partial charge in [-0.05, 0) is 19.1 Å². The van der Waals surface area contributed by atoms with Crippen LogP contribution < -0.4 is 10.1 Å². The van der Waals surface area contributed by atoms with Gasteiger partial charge >= 0.3 is 0 Å². The molecule has 0 radical (unpaired) electrons. The summed E-state index contributed by atoms with van der Waals surface area (Å²) >= 11 is 0. The fraction of sp³-hybridized carbons (Fsp3) is 0.188. The Bertz CT molecular complexity index is 799. The highest BCUT2D eigenvalue weighted by atomic mass is 16.5. The van der Waals surface area contributed by atoms with E-state index in [-0.39, 0.29) is 17.6 Å². The standard InChI is InChI=1S/C16H15N3O3/c1-10(19-16(20)12-9-17-6-7-18-12)14-8-11-4-3-5-13(21-2)15(11)22-14/h3-10H,1-2H3,(H,19,20)/t10-/m0/s1. The summed E-state index contributed by atoms with van der Waals surface area (Å²) < 4.78 is 11.1. The van der Waals surface area contributed by atoms with E-state index in [4.69, 9.17) is 9.15 Å². The fourth-order valence-corrected chi connectivity index (χ4v) is 2.19. The van der Waals surface area contributed by atoms with Gasteiger partial charge in [-0.3, -0.25) is 9.78 Å². The van der Waals surface area contributed by atoms with E-state index in [1.165, 1.54) is 18.6 Å². The molecule has 0 aliphatic rings. The molecule has 3 aromatic rings. The van der Waals surface area contributed by atoms with Crippen LogP contribution in [0.25, 0.3) is 11.0 Å². The van der Waals surface area contributed by atoms with E-state index in [1.807, 2.05) is 31.2 Å². The van der Waals surface area contributed by atoms with Crippen LogP contribution in [-0.4, -0.2) is 23.0 Å². The van der Waals surface area contributed by atoms with E-state index in [1.54, 1.807) is 7.11 Å². The average Bonchev–Trinajstić information content (AvgIpc) is 2.99. The summed E-state index contributed by atoms with van der Waals surface area (Å²) in [5.74, 6) is 1.01. The average molecular weight is 297 g/mol. The predicted molar refractivity (Wildman–Crippen MR) is 80.7 cm³/mol. The molecule has 0 saturated heterocycles. The first kappa shape index (κ1) is 14.1. The minimum Gasteiger partial charge on any atom is -0.493 e. The van der Waals surface area contributed by atoms with Crippen molar-refractivity contribution in [2.24, 2.45) is 0 Å². The lowest BCUT2D eigenvalue weighted by Gasteiger charge is -2.10. The molecule has 2 heterocycles. The molecule has 0 saturated carbocycles. The Morgan fingerprint density at radius 1 is 1.36 bits per heavy atom. The monoisotopic (exact) mass is 297 g/mol. The van der Waals surface area contributed by atoms with Crippen LogP contribution in [0.1, 0.15) is 29.2 Å². The van der Waals surface area contributed by atoms with Crippen LogP contribution in [0.3, 0.4) is 0 Å². The number of furan rings is 1. The minimum absolute atomic E-state index is 0.267. The Balaban J connectivity index is 1.83. The van der Waals surface area contributed by atoms with Gasteiger partial charge in [-0.1, -0.05) is 12.1 Å². The molecule has 1 atom stereocenters. The molecule has 112 valence electrons. The van der Waals surface area contributed by atoms with Crippen molar-refractivity contribution in [2.45, 2.75) is 13.0 Å². The van der Waals surface area contributed by atoms with Gasteiger partial charge in [0.15, 0.2) is 11.3 Å². The second-order valence-electron chi connectivity index (χ2n) is 4.81. The van der Waals surface area contributed by atoms with Gasteiger partial charge in [0.1, 0.15) is 11.5 Å². The van der Waals surface area contributed by atoms with E-state index >= 15 is 0 Å². The summed E-state index contributed by atoms with van der Waals surface area (Å²) in [6.07, 6.45) is 4.42. The number of aromatic nitrogens is 2. The molecule has 0 aliphatic carbocycles. The number of amides is 1. The lowest BCUT2D eigenvalue weighted by Crippen LogP contribution is -2.27. The summed E-state index contributed by atoms with van der Waals surface area (Å²) in [5.41, 5.74) is 0.934. The number of ether oxygens (including phenoxy) is 1. The lowest BCUT2D eigenvalue weighted by molar-refractivity contribution is 0.0930. The van der Waals surface area contributed by atoms with Gasteiger partial charge in [0.2, 0.25) is 0 Å². The molecule has 1 amide bonds. The highest BCUT2D eigenvalue weighted by Crippen LogP contribution is 2.30. The molecular formula is C16H15N3O3. The molecule has 0 spiro atoms. The zero-order chi connectivity index (χ0) is 15.5. The number of rotatable bonds is 4. The molecule has 0 fully saturated rings. The number of hydrogen-bond donors (Lipinski definition) is 1. The van der Waals surface area contributed by atoms with Crippen LogP contribution in [0.4, 0.5) is 0 Å². The molecule has 0 unspecified atom stereocenters. The number of fused-ring (bicyclic) bond motifs is 1. The molecular weight excluding hydrogens is 282 g/mol. The molecule has 1 aromatic carbocycles. The number of benzene rings is 1. The largest absolute Gasteiger partial charge is 0.493 e. The molecule has 0 aliphatic heterocycles. The number of carbonyl (C=O) groups is 1. The van der Waals surface area contributed by atoms with E-state index < -0.39 is 0 Å². The maximum Gasteiger partial charge on any atom is 0.272 e. The third-order valence-corrected chi connectivity index (χ3v) is 3.32. The SMILES string of the molecule is COc1cccc2cc([C@H](C)NC(=O)c3cnccn3)oc12. The lowest BCUT2D eigenvalue weighted by atomic mass is 10.2. The molecule has 6 heteroatoms. The Kier molecular flexibility index (Phi) is 3.74. The molecule has 6 nitrogen and oxygen atoms in total. The molecule has 3 rings (SSSR count). The van der Waals surface area contributed by atoms with Crippen molar-refractivity contribution in [3.63, 3.8) is 0 Å². The summed E-state index contributed by atoms with van der Waals surface area (Å²) in [7, 11) is 1.59. The number of nitrogens with zero attached hydrogens (tertiary/aromatic N) is 2. The molecule has 2 aromatic heterocycles. The number of nitrogens with one attached hydrogen (secondary N) is 1. The Morgan fingerprint density at radius 2 is 2.23 bits per heavy atom. The van der Waals surface area contributed by atoms with E-state index in [9.17, 15) is 4.79 Å². The van der Waals surface area contributed by atoms with Crippen molar-refractivity contribution in [1.29, 1.82) is 0 Å². The third-order valence-electron chi connectivity index (χ3n) is 3.32. The van der Waals surface area contributed by atoms with Crippen LogP contribution >= 0.6 is 0 Å². The zero-order valence-electron chi connectivity index (χ0n) is 12.2. The quantitative estimate of drug-likeness (QED) is 0.801. The van der Waals surface area contributed by atoms with E-state index in [2.05, 4.69) is 15.3 Å². The van der Waals surface area contributed by atoms with Crippen molar-refractivity contribution in [3.05, 3.63) is 54.3 Å². The van der Waals surface area contributed by atoms with Crippen molar-refractivity contribution < 1.29 is 13.9 Å². The van der Waals surface area contributed by atoms with Crippen LogP contribution in [0.2, 0.25) is 0 Å². The third kappa shape index (κ3) is 2.63. The van der Waals surface area contributed by atoms with Gasteiger partial charge in [-0.2, -0.15) is 0 Å². The maximum atomic E-state index is 12.1. The maximum absolute atomic E-state index is 12.1. The van der Waals surface area contributed by atoms with Crippen molar-refractivity contribution in [2.75, 3.05) is 7.11 Å².